The summed E-state index contributed by atoms with van der Waals surface area (Å²) in [6, 6.07) is 13.5. The molecule has 3 heterocycles. The van der Waals surface area contributed by atoms with Crippen LogP contribution in [0.15, 0.2) is 63.9 Å². The third kappa shape index (κ3) is 3.68. The Kier molecular flexibility index (Phi) is 5.33. The highest BCUT2D eigenvalue weighted by molar-refractivity contribution is 5.95. The molecule has 1 amide bonds. The number of nitrogens with zero attached hydrogens (tertiary/aromatic N) is 4. The minimum absolute atomic E-state index is 0.152. The Bertz CT molecular complexity index is 1440. The van der Waals surface area contributed by atoms with E-state index in [1.165, 1.54) is 24.1 Å². The molecule has 0 aliphatic carbocycles. The minimum Gasteiger partial charge on any atom is -0.505 e. The van der Waals surface area contributed by atoms with Gasteiger partial charge in [0.1, 0.15) is 17.3 Å². The van der Waals surface area contributed by atoms with Gasteiger partial charge in [0, 0.05) is 30.2 Å². The zero-order valence-corrected chi connectivity index (χ0v) is 18.1. The molecule has 0 atom stereocenters. The van der Waals surface area contributed by atoms with Gasteiger partial charge in [-0.15, -0.1) is 0 Å². The number of carbonyl (C=O) groups is 1. The largest absolute Gasteiger partial charge is 0.505 e. The summed E-state index contributed by atoms with van der Waals surface area (Å²) in [7, 11) is 1.46. The fourth-order valence-corrected chi connectivity index (χ4v) is 3.94. The second kappa shape index (κ2) is 8.47. The lowest BCUT2D eigenvalue weighted by molar-refractivity contribution is 0.0723. The lowest BCUT2D eigenvalue weighted by atomic mass is 10.0. The Balaban J connectivity index is 1.49. The quantitative estimate of drug-likeness (QED) is 0.496. The summed E-state index contributed by atoms with van der Waals surface area (Å²) >= 11 is 0. The molecule has 9 nitrogen and oxygen atoms in total. The summed E-state index contributed by atoms with van der Waals surface area (Å²) in [6.07, 6.45) is 0.429. The third-order valence-electron chi connectivity index (χ3n) is 5.66. The Morgan fingerprint density at radius 3 is 2.71 bits per heavy atom. The Labute approximate surface area is 192 Å². The Morgan fingerprint density at radius 1 is 1.18 bits per heavy atom. The van der Waals surface area contributed by atoms with E-state index in [9.17, 15) is 19.1 Å². The first-order valence-electron chi connectivity index (χ1n) is 10.5. The number of rotatable bonds is 4. The molecule has 0 saturated carbocycles. The van der Waals surface area contributed by atoms with E-state index in [0.29, 0.717) is 47.0 Å². The van der Waals surface area contributed by atoms with Crippen molar-refractivity contribution in [2.75, 3.05) is 13.7 Å². The number of aromatic nitrogens is 3. The van der Waals surface area contributed by atoms with Crippen molar-refractivity contribution in [2.24, 2.45) is 0 Å². The number of hydrogen-bond donors (Lipinski definition) is 1. The average molecular weight is 462 g/mol. The topological polar surface area (TPSA) is 111 Å². The molecule has 0 bridgehead atoms. The van der Waals surface area contributed by atoms with E-state index in [0.717, 1.165) is 10.7 Å². The number of aromatic hydroxyl groups is 1. The molecule has 0 unspecified atom stereocenters. The van der Waals surface area contributed by atoms with Crippen LogP contribution in [0.2, 0.25) is 0 Å². The first-order valence-corrected chi connectivity index (χ1v) is 10.5. The number of halogens is 1. The number of carbonyl (C=O) groups excluding carboxylic acids is 1. The third-order valence-corrected chi connectivity index (χ3v) is 5.66. The fraction of sp³-hybridized carbons (Fsp3) is 0.167. The van der Waals surface area contributed by atoms with Gasteiger partial charge in [-0.1, -0.05) is 17.3 Å². The van der Waals surface area contributed by atoms with Crippen molar-refractivity contribution < 1.29 is 23.6 Å². The van der Waals surface area contributed by atoms with E-state index in [2.05, 4.69) is 10.3 Å². The molecular weight excluding hydrogens is 443 g/mol. The van der Waals surface area contributed by atoms with E-state index in [1.54, 1.807) is 36.4 Å². The van der Waals surface area contributed by atoms with Crippen molar-refractivity contribution in [3.63, 3.8) is 0 Å². The monoisotopic (exact) mass is 462 g/mol. The Morgan fingerprint density at radius 2 is 1.94 bits per heavy atom. The van der Waals surface area contributed by atoms with Gasteiger partial charge in [0.15, 0.2) is 17.2 Å². The number of methoxy groups -OCH3 is 1. The predicted octanol–water partition coefficient (Wildman–Crippen LogP) is 2.94. The standard InChI is InChI=1S/C24H19FN4O5/c1-33-20-5-3-2-4-18(20)29-21(31)12-19(30)22(26-29)24(32)28-11-10-17-16(13-28)23(34-27-17)14-6-8-15(25)9-7-14/h2-9,12,30H,10-11,13H2,1H3. The number of fused-ring (bicyclic) bond motifs is 1. The molecule has 34 heavy (non-hydrogen) atoms. The Hall–Kier alpha value is -4.47. The molecule has 1 N–H and O–H groups in total. The summed E-state index contributed by atoms with van der Waals surface area (Å²) in [5.74, 6) is -0.615. The maximum absolute atomic E-state index is 13.4. The lowest BCUT2D eigenvalue weighted by Gasteiger charge is -2.26. The minimum atomic E-state index is -0.614. The molecule has 1 aliphatic rings. The summed E-state index contributed by atoms with van der Waals surface area (Å²) in [5.41, 5.74) is 1.49. The molecule has 0 fully saturated rings. The van der Waals surface area contributed by atoms with Crippen molar-refractivity contribution in [1.82, 2.24) is 19.8 Å². The summed E-state index contributed by atoms with van der Waals surface area (Å²) in [6.45, 7) is 0.468. The molecule has 2 aromatic heterocycles. The lowest BCUT2D eigenvalue weighted by Crippen LogP contribution is -2.37. The van der Waals surface area contributed by atoms with E-state index < -0.39 is 17.2 Å². The van der Waals surface area contributed by atoms with Crippen LogP contribution in [0.25, 0.3) is 17.0 Å². The van der Waals surface area contributed by atoms with Crippen molar-refractivity contribution in [3.8, 4) is 28.5 Å². The molecule has 0 radical (unpaired) electrons. The highest BCUT2D eigenvalue weighted by Gasteiger charge is 2.30. The van der Waals surface area contributed by atoms with Crippen molar-refractivity contribution in [2.45, 2.75) is 13.0 Å². The first-order chi connectivity index (χ1) is 16.5. The maximum atomic E-state index is 13.4. The van der Waals surface area contributed by atoms with Gasteiger partial charge in [0.2, 0.25) is 0 Å². The van der Waals surface area contributed by atoms with E-state index in [4.69, 9.17) is 9.26 Å². The van der Waals surface area contributed by atoms with Crippen LogP contribution in [0.4, 0.5) is 4.39 Å². The van der Waals surface area contributed by atoms with E-state index >= 15 is 0 Å². The van der Waals surface area contributed by atoms with Gasteiger partial charge < -0.3 is 19.3 Å². The zero-order valence-electron chi connectivity index (χ0n) is 18.1. The molecule has 2 aromatic carbocycles. The van der Waals surface area contributed by atoms with E-state index in [-0.39, 0.29) is 18.1 Å². The van der Waals surface area contributed by atoms with Gasteiger partial charge >= 0.3 is 0 Å². The normalized spacial score (nSPS) is 12.9. The van der Waals surface area contributed by atoms with E-state index in [1.807, 2.05) is 0 Å². The molecule has 5 rings (SSSR count). The summed E-state index contributed by atoms with van der Waals surface area (Å²) in [4.78, 5) is 27.4. The highest BCUT2D eigenvalue weighted by atomic mass is 19.1. The summed E-state index contributed by atoms with van der Waals surface area (Å²) < 4.78 is 25.1. The van der Waals surface area contributed by atoms with Gasteiger partial charge in [-0.25, -0.2) is 4.39 Å². The smallest absolute Gasteiger partial charge is 0.278 e. The SMILES string of the molecule is COc1ccccc1-n1nc(C(=O)N2CCc3noc(-c4ccc(F)cc4)c3C2)c(O)cc1=O. The number of benzene rings is 2. The fourth-order valence-electron chi connectivity index (χ4n) is 3.94. The van der Waals surface area contributed by atoms with Crippen LogP contribution in [-0.4, -0.2) is 44.5 Å². The van der Waals surface area contributed by atoms with Crippen LogP contribution in [-0.2, 0) is 13.0 Å². The molecule has 4 aromatic rings. The predicted molar refractivity (Wildman–Crippen MR) is 118 cm³/mol. The highest BCUT2D eigenvalue weighted by Crippen LogP contribution is 2.31. The molecular formula is C24H19FN4O5. The second-order valence-corrected chi connectivity index (χ2v) is 7.72. The molecule has 10 heteroatoms. The average Bonchev–Trinajstić information content (AvgIpc) is 3.27. The number of amides is 1. The second-order valence-electron chi connectivity index (χ2n) is 7.72. The maximum Gasteiger partial charge on any atom is 0.278 e. The van der Waals surface area contributed by atoms with Crippen LogP contribution in [0.1, 0.15) is 21.7 Å². The van der Waals surface area contributed by atoms with Crippen molar-refractivity contribution in [1.29, 1.82) is 0 Å². The van der Waals surface area contributed by atoms with Crippen LogP contribution < -0.4 is 10.3 Å². The zero-order chi connectivity index (χ0) is 23.8. The molecule has 0 spiro atoms. The van der Waals surface area contributed by atoms with Gasteiger partial charge in [0.05, 0.1) is 19.3 Å². The van der Waals surface area contributed by atoms with Gasteiger partial charge in [-0.3, -0.25) is 9.59 Å². The number of ether oxygens (including phenoxy) is 1. The van der Waals surface area contributed by atoms with Crippen LogP contribution in [0, 0.1) is 5.82 Å². The first kappa shape index (κ1) is 21.4. The van der Waals surface area contributed by atoms with Crippen molar-refractivity contribution in [3.05, 3.63) is 87.7 Å². The summed E-state index contributed by atoms with van der Waals surface area (Å²) in [5, 5.41) is 18.6. The number of para-hydroxylation sites is 2. The molecule has 0 saturated heterocycles. The molecule has 172 valence electrons. The van der Waals surface area contributed by atoms with Crippen LogP contribution in [0.5, 0.6) is 11.5 Å². The van der Waals surface area contributed by atoms with Gasteiger partial charge in [0.25, 0.3) is 11.5 Å². The number of hydrogen-bond acceptors (Lipinski definition) is 7. The van der Waals surface area contributed by atoms with Crippen LogP contribution >= 0.6 is 0 Å². The van der Waals surface area contributed by atoms with Gasteiger partial charge in [-0.2, -0.15) is 9.78 Å². The van der Waals surface area contributed by atoms with Crippen LogP contribution in [0.3, 0.4) is 0 Å². The molecule has 1 aliphatic heterocycles. The van der Waals surface area contributed by atoms with Crippen molar-refractivity contribution >= 4 is 5.91 Å². The van der Waals surface area contributed by atoms with Gasteiger partial charge in [-0.05, 0) is 36.4 Å².